The predicted molar refractivity (Wildman–Crippen MR) is 90.2 cm³/mol. The molecule has 1 N–H and O–H groups in total. The Morgan fingerprint density at radius 2 is 1.91 bits per heavy atom. The van der Waals surface area contributed by atoms with Crippen molar-refractivity contribution < 1.29 is 9.53 Å². The molecule has 122 valence electrons. The van der Waals surface area contributed by atoms with E-state index >= 15 is 0 Å². The summed E-state index contributed by atoms with van der Waals surface area (Å²) in [6, 6.07) is 8.36. The summed E-state index contributed by atoms with van der Waals surface area (Å²) in [4.78, 5) is 12.3. The third kappa shape index (κ3) is 4.75. The van der Waals surface area contributed by atoms with Gasteiger partial charge in [0.15, 0.2) is 6.10 Å². The molecule has 2 rings (SSSR count). The molecular weight excluding hydrogens is 274 g/mol. The van der Waals surface area contributed by atoms with Crippen LogP contribution in [0.3, 0.4) is 0 Å². The minimum Gasteiger partial charge on any atom is -0.481 e. The van der Waals surface area contributed by atoms with E-state index in [9.17, 15) is 4.79 Å². The van der Waals surface area contributed by atoms with Gasteiger partial charge in [0.05, 0.1) is 0 Å². The van der Waals surface area contributed by atoms with E-state index in [0.29, 0.717) is 6.04 Å². The van der Waals surface area contributed by atoms with Crippen LogP contribution in [0.5, 0.6) is 5.75 Å². The van der Waals surface area contributed by atoms with Crippen LogP contribution in [-0.2, 0) is 10.2 Å². The molecule has 1 aliphatic rings. The summed E-state index contributed by atoms with van der Waals surface area (Å²) >= 11 is 0. The first-order valence-corrected chi connectivity index (χ1v) is 8.44. The van der Waals surface area contributed by atoms with Crippen molar-refractivity contribution in [3.63, 3.8) is 0 Å². The normalized spacial score (nSPS) is 17.8. The molecule has 1 amide bonds. The van der Waals surface area contributed by atoms with E-state index < -0.39 is 6.10 Å². The SMILES string of the molecule is CC(Oc1cccc(C(C)(C)C)c1)C(=O)NC1CCCCC1. The first-order valence-electron chi connectivity index (χ1n) is 8.44. The van der Waals surface area contributed by atoms with Crippen LogP contribution < -0.4 is 10.1 Å². The fourth-order valence-corrected chi connectivity index (χ4v) is 2.86. The van der Waals surface area contributed by atoms with E-state index in [1.54, 1.807) is 0 Å². The van der Waals surface area contributed by atoms with Gasteiger partial charge in [-0.3, -0.25) is 4.79 Å². The van der Waals surface area contributed by atoms with Gasteiger partial charge in [-0.2, -0.15) is 0 Å². The summed E-state index contributed by atoms with van der Waals surface area (Å²) in [5.41, 5.74) is 1.29. The lowest BCUT2D eigenvalue weighted by molar-refractivity contribution is -0.128. The number of rotatable bonds is 4. The molecule has 0 spiro atoms. The highest BCUT2D eigenvalue weighted by Crippen LogP contribution is 2.26. The van der Waals surface area contributed by atoms with E-state index in [1.165, 1.54) is 24.8 Å². The van der Waals surface area contributed by atoms with Crippen molar-refractivity contribution in [3.8, 4) is 5.75 Å². The fourth-order valence-electron chi connectivity index (χ4n) is 2.86. The van der Waals surface area contributed by atoms with Crippen molar-refractivity contribution in [2.75, 3.05) is 0 Å². The molecule has 0 heterocycles. The van der Waals surface area contributed by atoms with E-state index in [-0.39, 0.29) is 11.3 Å². The summed E-state index contributed by atoms with van der Waals surface area (Å²) < 4.78 is 5.84. The number of nitrogens with one attached hydrogen (secondary N) is 1. The van der Waals surface area contributed by atoms with Crippen LogP contribution in [0.25, 0.3) is 0 Å². The largest absolute Gasteiger partial charge is 0.481 e. The Kier molecular flexibility index (Phi) is 5.49. The number of carbonyl (C=O) groups is 1. The molecule has 0 bridgehead atoms. The Labute approximate surface area is 134 Å². The lowest BCUT2D eigenvalue weighted by Gasteiger charge is -2.25. The maximum atomic E-state index is 12.3. The number of benzene rings is 1. The summed E-state index contributed by atoms with van der Waals surface area (Å²) in [6.07, 6.45) is 5.45. The molecule has 22 heavy (non-hydrogen) atoms. The molecule has 1 aromatic rings. The highest BCUT2D eigenvalue weighted by molar-refractivity contribution is 5.81. The Bertz CT molecular complexity index is 498. The fraction of sp³-hybridized carbons (Fsp3) is 0.632. The summed E-state index contributed by atoms with van der Waals surface area (Å²) in [5, 5.41) is 3.12. The average Bonchev–Trinajstić information content (AvgIpc) is 2.47. The second kappa shape index (κ2) is 7.17. The quantitative estimate of drug-likeness (QED) is 0.905. The number of carbonyl (C=O) groups excluding carboxylic acids is 1. The lowest BCUT2D eigenvalue weighted by atomic mass is 9.87. The minimum absolute atomic E-state index is 0.00642. The number of hydrogen-bond donors (Lipinski definition) is 1. The number of amides is 1. The molecule has 0 radical (unpaired) electrons. The van der Waals surface area contributed by atoms with Gasteiger partial charge in [-0.1, -0.05) is 52.2 Å². The van der Waals surface area contributed by atoms with Crippen molar-refractivity contribution in [1.82, 2.24) is 5.32 Å². The van der Waals surface area contributed by atoms with Crippen molar-refractivity contribution >= 4 is 5.91 Å². The zero-order valence-corrected chi connectivity index (χ0v) is 14.3. The first kappa shape index (κ1) is 16.9. The van der Waals surface area contributed by atoms with Crippen LogP contribution >= 0.6 is 0 Å². The number of hydrogen-bond acceptors (Lipinski definition) is 2. The molecule has 1 saturated carbocycles. The molecule has 1 aromatic carbocycles. The second-order valence-corrected chi connectivity index (χ2v) is 7.38. The summed E-state index contributed by atoms with van der Waals surface area (Å²) in [6.45, 7) is 8.34. The third-order valence-electron chi connectivity index (χ3n) is 4.33. The smallest absolute Gasteiger partial charge is 0.260 e. The topological polar surface area (TPSA) is 38.3 Å². The van der Waals surface area contributed by atoms with E-state index in [4.69, 9.17) is 4.74 Å². The van der Waals surface area contributed by atoms with Crippen LogP contribution in [-0.4, -0.2) is 18.1 Å². The van der Waals surface area contributed by atoms with Crippen molar-refractivity contribution in [2.24, 2.45) is 0 Å². The minimum atomic E-state index is -0.461. The molecular formula is C19H29NO2. The molecule has 0 aliphatic heterocycles. The molecule has 0 saturated heterocycles. The van der Waals surface area contributed by atoms with Crippen LogP contribution in [0.15, 0.2) is 24.3 Å². The molecule has 0 aromatic heterocycles. The average molecular weight is 303 g/mol. The van der Waals surface area contributed by atoms with Gasteiger partial charge in [-0.25, -0.2) is 0 Å². The summed E-state index contributed by atoms with van der Waals surface area (Å²) in [7, 11) is 0. The maximum absolute atomic E-state index is 12.3. The molecule has 3 nitrogen and oxygen atoms in total. The van der Waals surface area contributed by atoms with Gasteiger partial charge in [0, 0.05) is 6.04 Å². The van der Waals surface area contributed by atoms with Crippen LogP contribution in [0.1, 0.15) is 65.4 Å². The predicted octanol–water partition coefficient (Wildman–Crippen LogP) is 4.20. The van der Waals surface area contributed by atoms with Crippen molar-refractivity contribution in [2.45, 2.75) is 77.4 Å². The second-order valence-electron chi connectivity index (χ2n) is 7.38. The van der Waals surface area contributed by atoms with Gasteiger partial charge in [0.25, 0.3) is 5.91 Å². The van der Waals surface area contributed by atoms with Crippen LogP contribution in [0.2, 0.25) is 0 Å². The van der Waals surface area contributed by atoms with E-state index in [0.717, 1.165) is 18.6 Å². The van der Waals surface area contributed by atoms with Gasteiger partial charge < -0.3 is 10.1 Å². The molecule has 1 fully saturated rings. The Morgan fingerprint density at radius 1 is 1.23 bits per heavy atom. The van der Waals surface area contributed by atoms with Gasteiger partial charge in [-0.15, -0.1) is 0 Å². The monoisotopic (exact) mass is 303 g/mol. The zero-order chi connectivity index (χ0) is 16.2. The number of ether oxygens (including phenoxy) is 1. The molecule has 1 aliphatic carbocycles. The molecule has 1 atom stereocenters. The Balaban J connectivity index is 1.93. The van der Waals surface area contributed by atoms with Gasteiger partial charge in [0.1, 0.15) is 5.75 Å². The van der Waals surface area contributed by atoms with E-state index in [1.807, 2.05) is 25.1 Å². The standard InChI is InChI=1S/C19H29NO2/c1-14(18(21)20-16-10-6-5-7-11-16)22-17-12-8-9-15(13-17)19(2,3)4/h8-9,12-14,16H,5-7,10-11H2,1-4H3,(H,20,21). The molecule has 1 unspecified atom stereocenters. The van der Waals surface area contributed by atoms with Crippen molar-refractivity contribution in [1.29, 1.82) is 0 Å². The molecule has 3 heteroatoms. The zero-order valence-electron chi connectivity index (χ0n) is 14.3. The van der Waals surface area contributed by atoms with Gasteiger partial charge >= 0.3 is 0 Å². The third-order valence-corrected chi connectivity index (χ3v) is 4.33. The van der Waals surface area contributed by atoms with Gasteiger partial charge in [0.2, 0.25) is 0 Å². The highest BCUT2D eigenvalue weighted by atomic mass is 16.5. The van der Waals surface area contributed by atoms with Crippen LogP contribution in [0.4, 0.5) is 0 Å². The highest BCUT2D eigenvalue weighted by Gasteiger charge is 2.21. The van der Waals surface area contributed by atoms with Crippen molar-refractivity contribution in [3.05, 3.63) is 29.8 Å². The summed E-state index contributed by atoms with van der Waals surface area (Å²) in [5.74, 6) is 0.756. The lowest BCUT2D eigenvalue weighted by Crippen LogP contribution is -2.43. The Hall–Kier alpha value is -1.51. The Morgan fingerprint density at radius 3 is 2.55 bits per heavy atom. The van der Waals surface area contributed by atoms with Gasteiger partial charge in [-0.05, 0) is 42.9 Å². The first-order chi connectivity index (χ1) is 10.4. The van der Waals surface area contributed by atoms with Crippen LogP contribution in [0, 0.1) is 0 Å². The maximum Gasteiger partial charge on any atom is 0.260 e. The van der Waals surface area contributed by atoms with E-state index in [2.05, 4.69) is 32.2 Å².